The Labute approximate surface area is 106 Å². The first-order chi connectivity index (χ1) is 7.84. The minimum absolute atomic E-state index is 0.0161. The third-order valence-electron chi connectivity index (χ3n) is 5.67. The van der Waals surface area contributed by atoms with Crippen molar-refractivity contribution in [1.82, 2.24) is 0 Å². The smallest absolute Gasteiger partial charge is 0.405 e. The Morgan fingerprint density at radius 1 is 1.24 bits per heavy atom. The average Bonchev–Trinajstić information content (AvgIpc) is 2.51. The van der Waals surface area contributed by atoms with Crippen molar-refractivity contribution in [3.8, 4) is 0 Å². The fraction of sp³-hybridized carbons (Fsp3) is 1.00. The molecular formula is C14H25BO2. The van der Waals surface area contributed by atoms with Crippen LogP contribution < -0.4 is 0 Å². The molecule has 4 rings (SSSR count). The molecule has 3 aliphatic carbocycles. The van der Waals surface area contributed by atoms with Crippen LogP contribution in [-0.2, 0) is 9.31 Å². The predicted molar refractivity (Wildman–Crippen MR) is 69.8 cm³/mol. The van der Waals surface area contributed by atoms with E-state index >= 15 is 0 Å². The Balaban J connectivity index is 1.78. The van der Waals surface area contributed by atoms with Gasteiger partial charge < -0.3 is 9.31 Å². The molecule has 1 aliphatic heterocycles. The predicted octanol–water partition coefficient (Wildman–Crippen LogP) is 3.37. The highest BCUT2D eigenvalue weighted by Crippen LogP contribution is 2.65. The van der Waals surface area contributed by atoms with Crippen molar-refractivity contribution in [1.29, 1.82) is 0 Å². The molecule has 2 bridgehead atoms. The Hall–Kier alpha value is -0.0151. The van der Waals surface area contributed by atoms with Gasteiger partial charge in [-0.1, -0.05) is 27.7 Å². The Bertz CT molecular complexity index is 328. The summed E-state index contributed by atoms with van der Waals surface area (Å²) in [6.45, 7) is 11.6. The van der Waals surface area contributed by atoms with Crippen LogP contribution in [0.1, 0.15) is 47.5 Å². The van der Waals surface area contributed by atoms with E-state index in [-0.39, 0.29) is 12.7 Å². The molecule has 0 aromatic carbocycles. The second-order valence-corrected chi connectivity index (χ2v) is 7.53. The van der Waals surface area contributed by atoms with Crippen molar-refractivity contribution < 1.29 is 9.31 Å². The van der Waals surface area contributed by atoms with Crippen molar-refractivity contribution in [2.24, 2.45) is 23.2 Å². The monoisotopic (exact) mass is 236 g/mol. The summed E-state index contributed by atoms with van der Waals surface area (Å²) in [5, 5.41) is 0. The summed E-state index contributed by atoms with van der Waals surface area (Å²) in [6.07, 6.45) is 3.93. The normalized spacial score (nSPS) is 46.9. The van der Waals surface area contributed by atoms with E-state index in [4.69, 9.17) is 9.31 Å². The third kappa shape index (κ3) is 1.54. The first kappa shape index (κ1) is 12.0. The van der Waals surface area contributed by atoms with Crippen molar-refractivity contribution in [2.75, 3.05) is 0 Å². The minimum Gasteiger partial charge on any atom is -0.405 e. The fourth-order valence-corrected chi connectivity index (χ4v) is 4.44. The van der Waals surface area contributed by atoms with Gasteiger partial charge in [-0.15, -0.1) is 0 Å². The summed E-state index contributed by atoms with van der Waals surface area (Å²) in [6, 6.07) is 0. The lowest BCUT2D eigenvalue weighted by molar-refractivity contribution is -0.199. The van der Waals surface area contributed by atoms with Crippen LogP contribution >= 0.6 is 0 Å². The maximum absolute atomic E-state index is 6.33. The van der Waals surface area contributed by atoms with Gasteiger partial charge in [0.05, 0.1) is 11.7 Å². The average molecular weight is 236 g/mol. The highest BCUT2D eigenvalue weighted by molar-refractivity contribution is 6.45. The van der Waals surface area contributed by atoms with Gasteiger partial charge in [-0.2, -0.15) is 0 Å². The van der Waals surface area contributed by atoms with Crippen LogP contribution in [0.3, 0.4) is 0 Å². The van der Waals surface area contributed by atoms with Crippen LogP contribution in [0.2, 0.25) is 6.32 Å². The van der Waals surface area contributed by atoms with Gasteiger partial charge in [0.1, 0.15) is 0 Å². The van der Waals surface area contributed by atoms with E-state index in [0.29, 0.717) is 23.4 Å². The first-order valence-electron chi connectivity index (χ1n) is 7.17. The van der Waals surface area contributed by atoms with Gasteiger partial charge in [0.25, 0.3) is 0 Å². The molecule has 0 spiro atoms. The van der Waals surface area contributed by atoms with Gasteiger partial charge in [0.2, 0.25) is 0 Å². The van der Waals surface area contributed by atoms with Gasteiger partial charge in [-0.25, -0.2) is 0 Å². The van der Waals surface area contributed by atoms with E-state index < -0.39 is 0 Å². The summed E-state index contributed by atoms with van der Waals surface area (Å²) in [5.74, 6) is 2.19. The molecule has 1 unspecified atom stereocenters. The second-order valence-electron chi connectivity index (χ2n) is 7.53. The van der Waals surface area contributed by atoms with E-state index in [1.807, 2.05) is 0 Å². The molecule has 3 saturated carbocycles. The molecule has 0 N–H and O–H groups in total. The summed E-state index contributed by atoms with van der Waals surface area (Å²) in [4.78, 5) is 0. The molecule has 0 amide bonds. The van der Waals surface area contributed by atoms with Gasteiger partial charge >= 0.3 is 7.12 Å². The Kier molecular flexibility index (Phi) is 2.49. The summed E-state index contributed by atoms with van der Waals surface area (Å²) in [7, 11) is 0.0418. The zero-order valence-electron chi connectivity index (χ0n) is 11.8. The molecular weight excluding hydrogens is 211 g/mol. The first-order valence-corrected chi connectivity index (χ1v) is 7.17. The lowest BCUT2D eigenvalue weighted by Crippen LogP contribution is -2.65. The molecule has 17 heavy (non-hydrogen) atoms. The van der Waals surface area contributed by atoms with Crippen LogP contribution in [0.15, 0.2) is 0 Å². The molecule has 4 fully saturated rings. The fourth-order valence-electron chi connectivity index (χ4n) is 4.44. The molecule has 2 nitrogen and oxygen atoms in total. The third-order valence-corrected chi connectivity index (χ3v) is 5.67. The Morgan fingerprint density at radius 3 is 2.53 bits per heavy atom. The topological polar surface area (TPSA) is 18.5 Å². The number of hydrogen-bond acceptors (Lipinski definition) is 2. The minimum atomic E-state index is -0.0161. The quantitative estimate of drug-likeness (QED) is 0.684. The van der Waals surface area contributed by atoms with Gasteiger partial charge in [-0.3, -0.25) is 0 Å². The summed E-state index contributed by atoms with van der Waals surface area (Å²) < 4.78 is 12.5. The number of rotatable bonds is 2. The SMILES string of the molecule is CC(C)CB1O[C@@H]2CC3C[C@@H](C3(C)C)[C@]2(C)O1. The van der Waals surface area contributed by atoms with Gasteiger partial charge in [0.15, 0.2) is 0 Å². The lowest BCUT2D eigenvalue weighted by Gasteiger charge is -2.64. The van der Waals surface area contributed by atoms with Crippen LogP contribution in [0.4, 0.5) is 0 Å². The maximum Gasteiger partial charge on any atom is 0.457 e. The van der Waals surface area contributed by atoms with E-state index in [1.165, 1.54) is 12.8 Å². The molecule has 0 aromatic heterocycles. The lowest BCUT2D eigenvalue weighted by atomic mass is 9.43. The van der Waals surface area contributed by atoms with Crippen LogP contribution in [-0.4, -0.2) is 18.8 Å². The van der Waals surface area contributed by atoms with Gasteiger partial charge in [-0.05, 0) is 49.3 Å². The molecule has 0 aromatic rings. The summed E-state index contributed by atoms with van der Waals surface area (Å²) >= 11 is 0. The zero-order valence-corrected chi connectivity index (χ0v) is 11.8. The number of hydrogen-bond donors (Lipinski definition) is 0. The molecule has 4 atom stereocenters. The van der Waals surface area contributed by atoms with E-state index in [1.54, 1.807) is 0 Å². The van der Waals surface area contributed by atoms with Crippen LogP contribution in [0, 0.1) is 23.2 Å². The largest absolute Gasteiger partial charge is 0.457 e. The highest BCUT2D eigenvalue weighted by atomic mass is 16.7. The molecule has 4 aliphatic rings. The molecule has 0 radical (unpaired) electrons. The summed E-state index contributed by atoms with van der Waals surface area (Å²) in [5.41, 5.74) is 0.444. The van der Waals surface area contributed by atoms with Crippen molar-refractivity contribution >= 4 is 7.12 Å². The maximum atomic E-state index is 6.33. The second kappa shape index (κ2) is 3.51. The molecule has 1 saturated heterocycles. The standard InChI is InChI=1S/C14H25BO2/c1-9(2)8-15-16-12-7-10-6-11(13(10,3)4)14(12,5)17-15/h9-12H,6-8H2,1-5H3/t10?,11-,12+,14-/m0/s1. The molecule has 96 valence electrons. The van der Waals surface area contributed by atoms with E-state index in [9.17, 15) is 0 Å². The van der Waals surface area contributed by atoms with Gasteiger partial charge in [0, 0.05) is 0 Å². The van der Waals surface area contributed by atoms with Crippen molar-refractivity contribution in [3.05, 3.63) is 0 Å². The van der Waals surface area contributed by atoms with Crippen LogP contribution in [0.5, 0.6) is 0 Å². The zero-order chi connectivity index (χ0) is 12.4. The highest BCUT2D eigenvalue weighted by Gasteiger charge is 2.67. The van der Waals surface area contributed by atoms with E-state index in [2.05, 4.69) is 34.6 Å². The van der Waals surface area contributed by atoms with Crippen LogP contribution in [0.25, 0.3) is 0 Å². The van der Waals surface area contributed by atoms with Crippen molar-refractivity contribution in [2.45, 2.75) is 65.5 Å². The molecule has 3 heteroatoms. The van der Waals surface area contributed by atoms with E-state index in [0.717, 1.165) is 12.2 Å². The van der Waals surface area contributed by atoms with Crippen molar-refractivity contribution in [3.63, 3.8) is 0 Å². The Morgan fingerprint density at radius 2 is 1.94 bits per heavy atom. The molecule has 1 heterocycles.